The monoisotopic (exact) mass is 486 g/mol. The zero-order valence-electron chi connectivity index (χ0n) is 19.0. The van der Waals surface area contributed by atoms with E-state index in [-0.39, 0.29) is 24.6 Å². The summed E-state index contributed by atoms with van der Waals surface area (Å²) >= 11 is 1.37. The minimum Gasteiger partial charge on any atom is -0.480 e. The second kappa shape index (κ2) is 10.1. The first-order valence-corrected chi connectivity index (χ1v) is 11.9. The van der Waals surface area contributed by atoms with Crippen molar-refractivity contribution in [3.05, 3.63) is 105 Å². The van der Waals surface area contributed by atoms with Crippen LogP contribution in [0.2, 0.25) is 0 Å². The van der Waals surface area contributed by atoms with Crippen LogP contribution in [0.3, 0.4) is 0 Å². The molecule has 0 aliphatic rings. The van der Waals surface area contributed by atoms with Crippen LogP contribution in [0.5, 0.6) is 0 Å². The first kappa shape index (κ1) is 24.1. The van der Waals surface area contributed by atoms with E-state index in [1.165, 1.54) is 11.3 Å². The van der Waals surface area contributed by atoms with E-state index in [2.05, 4.69) is 5.32 Å². The van der Waals surface area contributed by atoms with Gasteiger partial charge >= 0.3 is 5.97 Å². The van der Waals surface area contributed by atoms with Gasteiger partial charge in [0.15, 0.2) is 0 Å². The highest BCUT2D eigenvalue weighted by Crippen LogP contribution is 2.24. The van der Waals surface area contributed by atoms with Crippen LogP contribution in [0, 0.1) is 5.41 Å². The lowest BCUT2D eigenvalue weighted by Crippen LogP contribution is -2.51. The van der Waals surface area contributed by atoms with Gasteiger partial charge in [-0.15, -0.1) is 11.3 Å². The topological polar surface area (TPSA) is 142 Å². The van der Waals surface area contributed by atoms with Gasteiger partial charge in [-0.3, -0.25) is 15.0 Å². The van der Waals surface area contributed by atoms with Crippen LogP contribution < -0.4 is 16.8 Å². The Kier molecular flexibility index (Phi) is 6.95. The predicted octanol–water partition coefficient (Wildman–Crippen LogP) is 3.68. The number of nitrogens with two attached hydrogens (primary N) is 2. The van der Waals surface area contributed by atoms with Gasteiger partial charge in [0.25, 0.3) is 5.91 Å². The van der Waals surface area contributed by atoms with Crippen LogP contribution in [-0.4, -0.2) is 28.4 Å². The van der Waals surface area contributed by atoms with Crippen molar-refractivity contribution < 1.29 is 14.7 Å². The summed E-state index contributed by atoms with van der Waals surface area (Å²) in [5, 5.41) is 21.9. The van der Waals surface area contributed by atoms with E-state index in [0.29, 0.717) is 17.0 Å². The number of carboxylic acid groups (broad SMARTS) is 1. The third-order valence-electron chi connectivity index (χ3n) is 5.85. The molecule has 1 atom stereocenters. The average Bonchev–Trinajstić information content (AvgIpc) is 3.32. The summed E-state index contributed by atoms with van der Waals surface area (Å²) in [6, 6.07) is 23.9. The number of aliphatic carboxylic acids is 1. The van der Waals surface area contributed by atoms with Crippen molar-refractivity contribution in [2.75, 3.05) is 0 Å². The number of carbonyl (C=O) groups is 2. The second-order valence-electron chi connectivity index (χ2n) is 8.52. The Bertz CT molecular complexity index is 1400. The molecule has 4 aromatic rings. The Morgan fingerprint density at radius 2 is 1.69 bits per heavy atom. The normalized spacial score (nSPS) is 12.7. The van der Waals surface area contributed by atoms with Gasteiger partial charge in [-0.25, -0.2) is 0 Å². The van der Waals surface area contributed by atoms with E-state index < -0.39 is 11.5 Å². The number of amidine groups is 1. The van der Waals surface area contributed by atoms with Crippen LogP contribution in [0.15, 0.2) is 78.9 Å². The number of rotatable bonds is 9. The molecule has 7 nitrogen and oxygen atoms in total. The van der Waals surface area contributed by atoms with Crippen molar-refractivity contribution in [1.82, 2.24) is 5.32 Å². The minimum absolute atomic E-state index is 0.00518. The molecular weight excluding hydrogens is 460 g/mol. The van der Waals surface area contributed by atoms with E-state index in [9.17, 15) is 14.7 Å². The molecule has 0 aliphatic heterocycles. The lowest BCUT2D eigenvalue weighted by atomic mass is 9.85. The van der Waals surface area contributed by atoms with Crippen LogP contribution in [0.4, 0.5) is 0 Å². The molecule has 0 aliphatic carbocycles. The van der Waals surface area contributed by atoms with Crippen LogP contribution in [-0.2, 0) is 24.2 Å². The highest BCUT2D eigenvalue weighted by Gasteiger charge is 2.34. The molecule has 0 bridgehead atoms. The van der Waals surface area contributed by atoms with Gasteiger partial charge in [-0.2, -0.15) is 0 Å². The van der Waals surface area contributed by atoms with Gasteiger partial charge < -0.3 is 21.9 Å². The number of thiophene rings is 1. The Hall–Kier alpha value is -4.01. The first-order valence-electron chi connectivity index (χ1n) is 11.0. The lowest BCUT2D eigenvalue weighted by molar-refractivity contribution is -0.143. The van der Waals surface area contributed by atoms with Crippen molar-refractivity contribution in [1.29, 1.82) is 5.41 Å². The number of nitrogens with one attached hydrogen (secondary N) is 2. The van der Waals surface area contributed by atoms with Gasteiger partial charge in [-0.1, -0.05) is 60.7 Å². The lowest BCUT2D eigenvalue weighted by Gasteiger charge is -2.25. The minimum atomic E-state index is -1.45. The molecule has 1 heterocycles. The van der Waals surface area contributed by atoms with Crippen molar-refractivity contribution in [2.24, 2.45) is 11.5 Å². The molecule has 1 unspecified atom stereocenters. The maximum atomic E-state index is 12.9. The van der Waals surface area contributed by atoms with E-state index in [1.807, 2.05) is 60.7 Å². The molecular formula is C27H26N4O3S. The number of carbonyl (C=O) groups excluding carboxylic acids is 1. The molecule has 7 N–H and O–H groups in total. The molecule has 1 amide bonds. The maximum absolute atomic E-state index is 12.9. The summed E-state index contributed by atoms with van der Waals surface area (Å²) in [6.45, 7) is 0.332. The summed E-state index contributed by atoms with van der Waals surface area (Å²) < 4.78 is 0. The van der Waals surface area contributed by atoms with Crippen molar-refractivity contribution in [3.63, 3.8) is 0 Å². The van der Waals surface area contributed by atoms with Crippen molar-refractivity contribution in [2.45, 2.75) is 24.9 Å². The van der Waals surface area contributed by atoms with Crippen LogP contribution in [0.1, 0.15) is 31.2 Å². The highest BCUT2D eigenvalue weighted by atomic mass is 32.1. The summed E-state index contributed by atoms with van der Waals surface area (Å²) in [5.74, 6) is -1.27. The number of hydrogen-bond acceptors (Lipinski definition) is 5. The third kappa shape index (κ3) is 5.56. The fourth-order valence-corrected chi connectivity index (χ4v) is 4.87. The summed E-state index contributed by atoms with van der Waals surface area (Å²) in [7, 11) is 0. The molecule has 0 radical (unpaired) electrons. The van der Waals surface area contributed by atoms with Crippen LogP contribution in [0.25, 0.3) is 10.8 Å². The standard InChI is InChI=1S/C27H26N4O3S/c28-24(29)23-12-10-20(35-23)16-31-25(32)22-8-4-7-19-13-18(9-11-21(19)22)15-27(30,26(33)34)14-17-5-2-1-3-6-17/h1-13H,14-16,30H2,(H3,28,29)(H,31,32)(H,33,34). The quantitative estimate of drug-likeness (QED) is 0.181. The zero-order chi connectivity index (χ0) is 25.0. The summed E-state index contributed by atoms with van der Waals surface area (Å²) in [4.78, 5) is 26.5. The average molecular weight is 487 g/mol. The predicted molar refractivity (Wildman–Crippen MR) is 139 cm³/mol. The number of benzene rings is 3. The highest BCUT2D eigenvalue weighted by molar-refractivity contribution is 7.14. The fraction of sp³-hybridized carbons (Fsp3) is 0.148. The molecule has 0 fully saturated rings. The second-order valence-corrected chi connectivity index (χ2v) is 9.69. The Labute approximate surface area is 206 Å². The summed E-state index contributed by atoms with van der Waals surface area (Å²) in [5.41, 5.74) is 12.6. The third-order valence-corrected chi connectivity index (χ3v) is 6.97. The van der Waals surface area contributed by atoms with Gasteiger partial charge in [0.2, 0.25) is 0 Å². The number of amides is 1. The van der Waals surface area contributed by atoms with Crippen LogP contribution >= 0.6 is 11.3 Å². The van der Waals surface area contributed by atoms with Crippen molar-refractivity contribution >= 4 is 39.8 Å². The Morgan fingerprint density at radius 3 is 2.37 bits per heavy atom. The fourth-order valence-electron chi connectivity index (χ4n) is 4.06. The molecule has 0 saturated carbocycles. The SMILES string of the molecule is N=C(N)c1ccc(CNC(=O)c2cccc3cc(CC(N)(Cc4ccccc4)C(=O)O)ccc23)s1. The number of hydrogen-bond donors (Lipinski definition) is 5. The van der Waals surface area contributed by atoms with Crippen molar-refractivity contribution in [3.8, 4) is 0 Å². The van der Waals surface area contributed by atoms with Gasteiger partial charge in [-0.05, 0) is 40.1 Å². The van der Waals surface area contributed by atoms with Gasteiger partial charge in [0, 0.05) is 23.3 Å². The molecule has 4 rings (SSSR count). The zero-order valence-corrected chi connectivity index (χ0v) is 19.8. The number of fused-ring (bicyclic) bond motifs is 1. The maximum Gasteiger partial charge on any atom is 0.324 e. The van der Waals surface area contributed by atoms with E-state index >= 15 is 0 Å². The first-order chi connectivity index (χ1) is 16.7. The number of nitrogen functional groups attached to an aromatic ring is 1. The molecule has 178 valence electrons. The molecule has 0 saturated heterocycles. The van der Waals surface area contributed by atoms with Gasteiger partial charge in [0.05, 0.1) is 11.4 Å². The Balaban J connectivity index is 1.53. The molecule has 1 aromatic heterocycles. The number of carboxylic acids is 1. The Morgan fingerprint density at radius 1 is 0.943 bits per heavy atom. The van der Waals surface area contributed by atoms with Gasteiger partial charge in [0.1, 0.15) is 11.4 Å². The molecule has 3 aromatic carbocycles. The van der Waals surface area contributed by atoms with E-state index in [1.54, 1.807) is 18.2 Å². The molecule has 35 heavy (non-hydrogen) atoms. The smallest absolute Gasteiger partial charge is 0.324 e. The van der Waals surface area contributed by atoms with E-state index in [4.69, 9.17) is 16.9 Å². The van der Waals surface area contributed by atoms with E-state index in [0.717, 1.165) is 26.8 Å². The molecule has 8 heteroatoms. The largest absolute Gasteiger partial charge is 0.480 e. The summed E-state index contributed by atoms with van der Waals surface area (Å²) in [6.07, 6.45) is 0.359. The molecule has 0 spiro atoms.